The van der Waals surface area contributed by atoms with Gasteiger partial charge in [-0.05, 0) is 54.6 Å². The van der Waals surface area contributed by atoms with Gasteiger partial charge in [-0.1, -0.05) is 17.7 Å². The van der Waals surface area contributed by atoms with Crippen molar-refractivity contribution in [3.05, 3.63) is 83.6 Å². The number of benzene rings is 2. The number of piperidine rings is 1. The SMILES string of the molecule is O=C(Nc1ccc(Cl)cc1)C1CN(C(=O)c2cccc(-n3cccc3)c2)CC(F)(F)C1. The molecule has 2 heterocycles. The average molecular weight is 444 g/mol. The van der Waals surface area contributed by atoms with Crippen molar-refractivity contribution in [1.82, 2.24) is 9.47 Å². The third-order valence-electron chi connectivity index (χ3n) is 5.17. The van der Waals surface area contributed by atoms with Gasteiger partial charge in [0.1, 0.15) is 0 Å². The Hall–Kier alpha value is -3.19. The molecule has 31 heavy (non-hydrogen) atoms. The minimum Gasteiger partial charge on any atom is -0.332 e. The normalized spacial score (nSPS) is 17.9. The molecule has 1 saturated heterocycles. The Balaban J connectivity index is 1.51. The fraction of sp³-hybridized carbons (Fsp3) is 0.217. The van der Waals surface area contributed by atoms with Crippen LogP contribution in [0, 0.1) is 5.92 Å². The lowest BCUT2D eigenvalue weighted by molar-refractivity contribution is -0.130. The number of hydrogen-bond acceptors (Lipinski definition) is 2. The number of likely N-dealkylation sites (tertiary alicyclic amines) is 1. The summed E-state index contributed by atoms with van der Waals surface area (Å²) in [7, 11) is 0. The minimum atomic E-state index is -3.16. The molecule has 1 atom stereocenters. The van der Waals surface area contributed by atoms with Crippen LogP contribution in [0.1, 0.15) is 16.8 Å². The molecule has 1 aliphatic rings. The summed E-state index contributed by atoms with van der Waals surface area (Å²) in [6.07, 6.45) is 3.05. The van der Waals surface area contributed by atoms with Crippen LogP contribution in [0.4, 0.5) is 14.5 Å². The monoisotopic (exact) mass is 443 g/mol. The van der Waals surface area contributed by atoms with Crippen molar-refractivity contribution in [3.8, 4) is 5.69 Å². The van der Waals surface area contributed by atoms with E-state index in [0.29, 0.717) is 16.3 Å². The fourth-order valence-corrected chi connectivity index (χ4v) is 3.82. The molecule has 2 aromatic carbocycles. The topological polar surface area (TPSA) is 54.3 Å². The molecule has 1 N–H and O–H groups in total. The molecule has 5 nitrogen and oxygen atoms in total. The van der Waals surface area contributed by atoms with Crippen LogP contribution < -0.4 is 5.32 Å². The molecule has 0 bridgehead atoms. The lowest BCUT2D eigenvalue weighted by Gasteiger charge is -2.37. The Morgan fingerprint density at radius 1 is 1.03 bits per heavy atom. The Morgan fingerprint density at radius 2 is 1.74 bits per heavy atom. The molecule has 1 aliphatic heterocycles. The number of anilines is 1. The molecule has 1 fully saturated rings. The van der Waals surface area contributed by atoms with E-state index < -0.39 is 36.6 Å². The number of hydrogen-bond donors (Lipinski definition) is 1. The van der Waals surface area contributed by atoms with Gasteiger partial charge in [0.25, 0.3) is 11.8 Å². The fourth-order valence-electron chi connectivity index (χ4n) is 3.70. The maximum Gasteiger partial charge on any atom is 0.266 e. The van der Waals surface area contributed by atoms with Gasteiger partial charge in [-0.2, -0.15) is 0 Å². The number of nitrogens with one attached hydrogen (secondary N) is 1. The highest BCUT2D eigenvalue weighted by Crippen LogP contribution is 2.32. The smallest absolute Gasteiger partial charge is 0.266 e. The van der Waals surface area contributed by atoms with Crippen molar-refractivity contribution in [2.45, 2.75) is 12.3 Å². The highest BCUT2D eigenvalue weighted by Gasteiger charge is 2.44. The van der Waals surface area contributed by atoms with E-state index >= 15 is 0 Å². The van der Waals surface area contributed by atoms with Crippen LogP contribution in [0.3, 0.4) is 0 Å². The first-order valence-corrected chi connectivity index (χ1v) is 10.2. The van der Waals surface area contributed by atoms with Gasteiger partial charge in [0, 0.05) is 47.3 Å². The lowest BCUT2D eigenvalue weighted by atomic mass is 9.93. The first kappa shape index (κ1) is 21.1. The highest BCUT2D eigenvalue weighted by atomic mass is 35.5. The first-order chi connectivity index (χ1) is 14.8. The zero-order valence-corrected chi connectivity index (χ0v) is 17.2. The zero-order chi connectivity index (χ0) is 22.0. The van der Waals surface area contributed by atoms with Gasteiger partial charge in [-0.15, -0.1) is 0 Å². The minimum absolute atomic E-state index is 0.0818. The summed E-state index contributed by atoms with van der Waals surface area (Å²) in [5.74, 6) is -5.28. The molecule has 0 radical (unpaired) electrons. The predicted molar refractivity (Wildman–Crippen MR) is 115 cm³/mol. The van der Waals surface area contributed by atoms with E-state index in [1.807, 2.05) is 35.2 Å². The van der Waals surface area contributed by atoms with Gasteiger partial charge in [0.05, 0.1) is 12.5 Å². The number of carbonyl (C=O) groups is 2. The second kappa shape index (κ2) is 8.51. The summed E-state index contributed by atoms with van der Waals surface area (Å²) in [5, 5.41) is 3.13. The first-order valence-electron chi connectivity index (χ1n) is 9.78. The van der Waals surface area contributed by atoms with Crippen LogP contribution in [0.2, 0.25) is 5.02 Å². The summed E-state index contributed by atoms with van der Waals surface area (Å²) in [5.41, 5.74) is 1.50. The van der Waals surface area contributed by atoms with Gasteiger partial charge in [-0.3, -0.25) is 9.59 Å². The largest absolute Gasteiger partial charge is 0.332 e. The number of nitrogens with zero attached hydrogens (tertiary/aromatic N) is 2. The van der Waals surface area contributed by atoms with E-state index in [1.165, 1.54) is 0 Å². The van der Waals surface area contributed by atoms with Gasteiger partial charge < -0.3 is 14.8 Å². The zero-order valence-electron chi connectivity index (χ0n) is 16.5. The molecule has 1 aromatic heterocycles. The van der Waals surface area contributed by atoms with E-state index in [4.69, 9.17) is 11.6 Å². The van der Waals surface area contributed by atoms with Crippen molar-refractivity contribution in [1.29, 1.82) is 0 Å². The Bertz CT molecular complexity index is 1080. The summed E-state index contributed by atoms with van der Waals surface area (Å²) in [4.78, 5) is 26.7. The standard InChI is InChI=1S/C23H20ClF2N3O2/c24-18-6-8-19(9-7-18)27-21(30)17-13-23(25,26)15-29(14-17)22(31)16-4-3-5-20(12-16)28-10-1-2-11-28/h1-12,17H,13-15H2,(H,27,30). The van der Waals surface area contributed by atoms with E-state index in [0.717, 1.165) is 10.6 Å². The number of amides is 2. The number of carbonyl (C=O) groups excluding carboxylic acids is 2. The van der Waals surface area contributed by atoms with Crippen LogP contribution in [0.5, 0.6) is 0 Å². The van der Waals surface area contributed by atoms with Crippen LogP contribution in [0.15, 0.2) is 73.1 Å². The second-order valence-corrected chi connectivity index (χ2v) is 8.02. The molecule has 1 unspecified atom stereocenters. The van der Waals surface area contributed by atoms with Crippen LogP contribution in [-0.2, 0) is 4.79 Å². The molecule has 2 amide bonds. The van der Waals surface area contributed by atoms with Crippen LogP contribution in [-0.4, -0.2) is 40.3 Å². The van der Waals surface area contributed by atoms with E-state index in [1.54, 1.807) is 42.5 Å². The van der Waals surface area contributed by atoms with Crippen molar-refractivity contribution >= 4 is 29.1 Å². The van der Waals surface area contributed by atoms with E-state index in [9.17, 15) is 18.4 Å². The molecule has 160 valence electrons. The summed E-state index contributed by atoms with van der Waals surface area (Å²) in [6.45, 7) is -0.800. The van der Waals surface area contributed by atoms with Crippen molar-refractivity contribution < 1.29 is 18.4 Å². The predicted octanol–water partition coefficient (Wildman–Crippen LogP) is 4.87. The van der Waals surface area contributed by atoms with Crippen LogP contribution in [0.25, 0.3) is 5.69 Å². The van der Waals surface area contributed by atoms with E-state index in [2.05, 4.69) is 5.32 Å². The van der Waals surface area contributed by atoms with Gasteiger partial charge in [0.15, 0.2) is 0 Å². The van der Waals surface area contributed by atoms with Crippen molar-refractivity contribution in [3.63, 3.8) is 0 Å². The van der Waals surface area contributed by atoms with Gasteiger partial charge in [-0.25, -0.2) is 8.78 Å². The molecule has 8 heteroatoms. The maximum atomic E-state index is 14.4. The van der Waals surface area contributed by atoms with Crippen molar-refractivity contribution in [2.24, 2.45) is 5.92 Å². The summed E-state index contributed by atoms with van der Waals surface area (Å²) >= 11 is 5.83. The number of alkyl halides is 2. The summed E-state index contributed by atoms with van der Waals surface area (Å²) < 4.78 is 30.7. The highest BCUT2D eigenvalue weighted by molar-refractivity contribution is 6.30. The van der Waals surface area contributed by atoms with Crippen LogP contribution >= 0.6 is 11.6 Å². The van der Waals surface area contributed by atoms with Gasteiger partial charge >= 0.3 is 0 Å². The Labute approximate surface area is 183 Å². The molecule has 4 rings (SSSR count). The molecule has 0 aliphatic carbocycles. The third kappa shape index (κ3) is 4.94. The quantitative estimate of drug-likeness (QED) is 0.625. The molecule has 0 saturated carbocycles. The second-order valence-electron chi connectivity index (χ2n) is 7.58. The lowest BCUT2D eigenvalue weighted by Crippen LogP contribution is -2.52. The van der Waals surface area contributed by atoms with Gasteiger partial charge in [0.2, 0.25) is 5.91 Å². The van der Waals surface area contributed by atoms with Crippen molar-refractivity contribution in [2.75, 3.05) is 18.4 Å². The Kier molecular flexibility index (Phi) is 5.78. The number of halogens is 3. The van der Waals surface area contributed by atoms with E-state index in [-0.39, 0.29) is 6.54 Å². The molecule has 0 spiro atoms. The summed E-state index contributed by atoms with van der Waals surface area (Å²) in [6, 6.07) is 16.9. The molecular formula is C23H20ClF2N3O2. The third-order valence-corrected chi connectivity index (χ3v) is 5.43. The Morgan fingerprint density at radius 3 is 2.45 bits per heavy atom. The molecular weight excluding hydrogens is 424 g/mol. The number of aromatic nitrogens is 1. The molecule has 3 aromatic rings. The number of rotatable bonds is 4. The maximum absolute atomic E-state index is 14.4. The average Bonchev–Trinajstić information content (AvgIpc) is 3.29.